The Bertz CT molecular complexity index is 1110. The van der Waals surface area contributed by atoms with Crippen LogP contribution in [-0.2, 0) is 6.54 Å². The molecule has 0 saturated heterocycles. The number of benzene rings is 1. The molecular formula is C19H22ClN6+. The summed E-state index contributed by atoms with van der Waals surface area (Å²) in [6.07, 6.45) is 1.74. The van der Waals surface area contributed by atoms with Crippen molar-refractivity contribution in [1.29, 1.82) is 0 Å². The highest BCUT2D eigenvalue weighted by atomic mass is 35.5. The number of quaternary nitrogens is 1. The maximum Gasteiger partial charge on any atom is 0.183 e. The molecule has 7 heteroatoms. The Morgan fingerprint density at radius 1 is 1.12 bits per heavy atom. The Hall–Kier alpha value is -2.44. The second-order valence-corrected chi connectivity index (χ2v) is 7.35. The largest absolute Gasteiger partial charge is 0.338 e. The van der Waals surface area contributed by atoms with Gasteiger partial charge in [0.1, 0.15) is 12.0 Å². The van der Waals surface area contributed by atoms with E-state index in [1.165, 1.54) is 16.2 Å². The Balaban J connectivity index is 1.93. The smallest absolute Gasteiger partial charge is 0.183 e. The van der Waals surface area contributed by atoms with Crippen molar-refractivity contribution in [2.24, 2.45) is 0 Å². The van der Waals surface area contributed by atoms with Gasteiger partial charge in [-0.05, 0) is 31.5 Å². The summed E-state index contributed by atoms with van der Waals surface area (Å²) >= 11 is 6.32. The molecule has 0 radical (unpaired) electrons. The van der Waals surface area contributed by atoms with E-state index in [0.717, 1.165) is 35.3 Å². The lowest BCUT2D eigenvalue weighted by Gasteiger charge is -2.10. The van der Waals surface area contributed by atoms with Gasteiger partial charge in [-0.15, -0.1) is 5.10 Å². The van der Waals surface area contributed by atoms with Gasteiger partial charge in [-0.25, -0.2) is 14.5 Å². The van der Waals surface area contributed by atoms with Gasteiger partial charge in [-0.1, -0.05) is 23.7 Å². The van der Waals surface area contributed by atoms with Gasteiger partial charge in [0.2, 0.25) is 0 Å². The molecule has 0 bridgehead atoms. The summed E-state index contributed by atoms with van der Waals surface area (Å²) in [6.45, 7) is 6.23. The molecule has 6 nitrogen and oxygen atoms in total. The van der Waals surface area contributed by atoms with E-state index in [-0.39, 0.29) is 0 Å². The first-order chi connectivity index (χ1) is 12.5. The SMILES string of the molecule is Cc1c(C)n(CC[NH+](C)C)c2ncn3nc(-c4ccccc4Cl)nc3c12. The molecule has 0 aliphatic heterocycles. The third kappa shape index (κ3) is 2.66. The highest BCUT2D eigenvalue weighted by Crippen LogP contribution is 2.29. The van der Waals surface area contributed by atoms with Crippen LogP contribution in [0.15, 0.2) is 30.6 Å². The lowest BCUT2D eigenvalue weighted by molar-refractivity contribution is -0.858. The molecule has 26 heavy (non-hydrogen) atoms. The van der Waals surface area contributed by atoms with Crippen LogP contribution in [0, 0.1) is 13.8 Å². The molecular weight excluding hydrogens is 348 g/mol. The van der Waals surface area contributed by atoms with Crippen molar-refractivity contribution < 1.29 is 4.90 Å². The first kappa shape index (κ1) is 17.0. The third-order valence-electron chi connectivity index (χ3n) is 4.90. The number of likely N-dealkylation sites (N-methyl/N-ethyl adjacent to an activating group) is 1. The number of hydrogen-bond donors (Lipinski definition) is 1. The summed E-state index contributed by atoms with van der Waals surface area (Å²) in [5.74, 6) is 0.618. The number of rotatable bonds is 4. The molecule has 0 spiro atoms. The zero-order valence-electron chi connectivity index (χ0n) is 15.4. The summed E-state index contributed by atoms with van der Waals surface area (Å²) < 4.78 is 4.02. The lowest BCUT2D eigenvalue weighted by Crippen LogP contribution is -3.06. The molecule has 3 heterocycles. The number of fused-ring (bicyclic) bond motifs is 3. The molecule has 0 saturated carbocycles. The number of hydrogen-bond acceptors (Lipinski definition) is 3. The van der Waals surface area contributed by atoms with Crippen LogP contribution in [0.1, 0.15) is 11.3 Å². The number of halogens is 1. The first-order valence-corrected chi connectivity index (χ1v) is 9.10. The average molecular weight is 370 g/mol. The monoisotopic (exact) mass is 369 g/mol. The predicted molar refractivity (Wildman–Crippen MR) is 104 cm³/mol. The minimum Gasteiger partial charge on any atom is -0.338 e. The van der Waals surface area contributed by atoms with Crippen molar-refractivity contribution in [3.63, 3.8) is 0 Å². The van der Waals surface area contributed by atoms with Crippen LogP contribution in [0.3, 0.4) is 0 Å². The maximum atomic E-state index is 6.32. The summed E-state index contributed by atoms with van der Waals surface area (Å²) in [6, 6.07) is 7.63. The molecule has 1 N–H and O–H groups in total. The topological polar surface area (TPSA) is 52.5 Å². The summed E-state index contributed by atoms with van der Waals surface area (Å²) in [4.78, 5) is 10.9. The summed E-state index contributed by atoms with van der Waals surface area (Å²) in [7, 11) is 4.32. The Labute approximate surface area is 157 Å². The van der Waals surface area contributed by atoms with Gasteiger partial charge in [0.25, 0.3) is 0 Å². The van der Waals surface area contributed by atoms with Gasteiger partial charge in [0.05, 0.1) is 37.6 Å². The van der Waals surface area contributed by atoms with Gasteiger partial charge < -0.3 is 9.47 Å². The molecule has 4 aromatic rings. The second kappa shape index (κ2) is 6.37. The van der Waals surface area contributed by atoms with Gasteiger partial charge in [-0.3, -0.25) is 0 Å². The van der Waals surface area contributed by atoms with Gasteiger partial charge in [0.15, 0.2) is 11.5 Å². The summed E-state index contributed by atoms with van der Waals surface area (Å²) in [5.41, 5.74) is 5.04. The number of aryl methyl sites for hydroxylation is 1. The van der Waals surface area contributed by atoms with Crippen LogP contribution in [-0.4, -0.2) is 44.8 Å². The van der Waals surface area contributed by atoms with E-state index in [9.17, 15) is 0 Å². The van der Waals surface area contributed by atoms with Crippen LogP contribution in [0.25, 0.3) is 28.1 Å². The van der Waals surface area contributed by atoms with Gasteiger partial charge in [0, 0.05) is 11.3 Å². The highest BCUT2D eigenvalue weighted by molar-refractivity contribution is 6.33. The van der Waals surface area contributed by atoms with E-state index in [1.54, 1.807) is 10.8 Å². The number of nitrogens with zero attached hydrogens (tertiary/aromatic N) is 5. The molecule has 4 rings (SSSR count). The zero-order valence-corrected chi connectivity index (χ0v) is 16.2. The van der Waals surface area contributed by atoms with Crippen LogP contribution in [0.2, 0.25) is 5.02 Å². The van der Waals surface area contributed by atoms with Crippen molar-refractivity contribution in [3.05, 3.63) is 46.9 Å². The average Bonchev–Trinajstić information content (AvgIpc) is 3.13. The summed E-state index contributed by atoms with van der Waals surface area (Å²) in [5, 5.41) is 6.30. The molecule has 134 valence electrons. The fraction of sp³-hybridized carbons (Fsp3) is 0.316. The Morgan fingerprint density at radius 2 is 1.88 bits per heavy atom. The van der Waals surface area contributed by atoms with Crippen molar-refractivity contribution in [3.8, 4) is 11.4 Å². The maximum absolute atomic E-state index is 6.32. The zero-order chi connectivity index (χ0) is 18.4. The highest BCUT2D eigenvalue weighted by Gasteiger charge is 2.19. The van der Waals surface area contributed by atoms with Crippen LogP contribution in [0.4, 0.5) is 0 Å². The second-order valence-electron chi connectivity index (χ2n) is 6.95. The van der Waals surface area contributed by atoms with Crippen LogP contribution in [0.5, 0.6) is 0 Å². The number of aromatic nitrogens is 5. The minimum atomic E-state index is 0.618. The normalized spacial score (nSPS) is 11.9. The lowest BCUT2D eigenvalue weighted by atomic mass is 10.2. The first-order valence-electron chi connectivity index (χ1n) is 8.72. The molecule has 1 aromatic carbocycles. The van der Waals surface area contributed by atoms with Crippen LogP contribution >= 0.6 is 11.6 Å². The quantitative estimate of drug-likeness (QED) is 0.599. The van der Waals surface area contributed by atoms with Crippen molar-refractivity contribution >= 4 is 28.3 Å². The van der Waals surface area contributed by atoms with E-state index in [0.29, 0.717) is 10.8 Å². The molecule has 0 atom stereocenters. The molecule has 0 unspecified atom stereocenters. The fourth-order valence-electron chi connectivity index (χ4n) is 3.30. The Morgan fingerprint density at radius 3 is 2.62 bits per heavy atom. The van der Waals surface area contributed by atoms with Crippen molar-refractivity contribution in [1.82, 2.24) is 24.1 Å². The molecule has 3 aromatic heterocycles. The Kier molecular flexibility index (Phi) is 4.17. The molecule has 0 aliphatic rings. The predicted octanol–water partition coefficient (Wildman–Crippen LogP) is 2.16. The minimum absolute atomic E-state index is 0.618. The molecule has 0 amide bonds. The van der Waals surface area contributed by atoms with E-state index < -0.39 is 0 Å². The van der Waals surface area contributed by atoms with E-state index in [4.69, 9.17) is 16.6 Å². The van der Waals surface area contributed by atoms with Crippen LogP contribution < -0.4 is 4.90 Å². The van der Waals surface area contributed by atoms with E-state index in [2.05, 4.69) is 42.6 Å². The number of nitrogens with one attached hydrogen (secondary N) is 1. The third-order valence-corrected chi connectivity index (χ3v) is 5.23. The van der Waals surface area contributed by atoms with Crippen molar-refractivity contribution in [2.75, 3.05) is 20.6 Å². The molecule has 0 fully saturated rings. The van der Waals surface area contributed by atoms with Gasteiger partial charge >= 0.3 is 0 Å². The molecule has 0 aliphatic carbocycles. The van der Waals surface area contributed by atoms with Crippen molar-refractivity contribution in [2.45, 2.75) is 20.4 Å². The van der Waals surface area contributed by atoms with Gasteiger partial charge in [-0.2, -0.15) is 0 Å². The standard InChI is InChI=1S/C19H21ClN6/c1-12-13(2)25(10-9-24(3)4)18-16(12)19-22-17(23-26(19)11-21-18)14-7-5-6-8-15(14)20/h5-8,11H,9-10H2,1-4H3/p+1. The van der Waals surface area contributed by atoms with E-state index in [1.807, 2.05) is 24.3 Å². The fourth-order valence-corrected chi connectivity index (χ4v) is 3.52. The van der Waals surface area contributed by atoms with E-state index >= 15 is 0 Å².